The highest BCUT2D eigenvalue weighted by Gasteiger charge is 2.48. The molecule has 14 heavy (non-hydrogen) atoms. The molecule has 0 N–H and O–H groups in total. The number of thioether (sulfide) groups is 1. The van der Waals surface area contributed by atoms with E-state index in [0.29, 0.717) is 11.6 Å². The maximum absolute atomic E-state index is 11.5. The minimum atomic E-state index is 0.0341. The van der Waals surface area contributed by atoms with Crippen LogP contribution in [0.4, 0.5) is 0 Å². The molecule has 2 aliphatic rings. The van der Waals surface area contributed by atoms with E-state index in [-0.39, 0.29) is 17.2 Å². The van der Waals surface area contributed by atoms with E-state index in [0.717, 1.165) is 17.6 Å². The first-order chi connectivity index (χ1) is 6.70. The van der Waals surface area contributed by atoms with Crippen LogP contribution >= 0.6 is 23.4 Å². The number of hydrogen-bond donors (Lipinski definition) is 0. The van der Waals surface area contributed by atoms with E-state index in [4.69, 9.17) is 11.6 Å². The summed E-state index contributed by atoms with van der Waals surface area (Å²) in [6.07, 6.45) is 0.744. The zero-order valence-electron chi connectivity index (χ0n) is 7.70. The van der Waals surface area contributed by atoms with Crippen molar-refractivity contribution in [2.45, 2.75) is 12.3 Å². The molecule has 0 radical (unpaired) electrons. The van der Waals surface area contributed by atoms with Gasteiger partial charge in [0, 0.05) is 11.6 Å². The van der Waals surface area contributed by atoms with Gasteiger partial charge in [0.15, 0.2) is 6.29 Å². The second-order valence-corrected chi connectivity index (χ2v) is 4.81. The second kappa shape index (κ2) is 3.59. The van der Waals surface area contributed by atoms with Crippen LogP contribution in [0.3, 0.4) is 0 Å². The average molecular weight is 232 g/mol. The van der Waals surface area contributed by atoms with Gasteiger partial charge in [0.2, 0.25) is 5.91 Å². The number of fused-ring (bicyclic) bond motifs is 1. The van der Waals surface area contributed by atoms with Crippen LogP contribution in [0.5, 0.6) is 0 Å². The molecular weight excluding hydrogens is 222 g/mol. The molecule has 3 nitrogen and oxygen atoms in total. The summed E-state index contributed by atoms with van der Waals surface area (Å²) in [7, 11) is 0. The molecule has 0 aromatic rings. The summed E-state index contributed by atoms with van der Waals surface area (Å²) in [5, 5.41) is 0.148. The Bertz CT molecular complexity index is 329. The van der Waals surface area contributed by atoms with Crippen molar-refractivity contribution in [1.82, 2.24) is 4.90 Å². The Hall–Kier alpha value is -0.480. The standard InChI is InChI=1S/C9H10ClNO2S/c1-5-8(13)11-7(3-12)6(2-10)4-14-9(5)11/h3,5,9H,2,4H2,1H3/t5-,9-/m1/s1. The molecule has 0 unspecified atom stereocenters. The quantitative estimate of drug-likeness (QED) is 0.408. The van der Waals surface area contributed by atoms with Crippen molar-refractivity contribution in [3.63, 3.8) is 0 Å². The summed E-state index contributed by atoms with van der Waals surface area (Å²) in [6.45, 7) is 1.89. The summed E-state index contributed by atoms with van der Waals surface area (Å²) in [4.78, 5) is 23.9. The number of amides is 1. The van der Waals surface area contributed by atoms with Crippen LogP contribution in [0.25, 0.3) is 0 Å². The predicted molar refractivity (Wildman–Crippen MR) is 56.1 cm³/mol. The third-order valence-corrected chi connectivity index (χ3v) is 4.43. The fourth-order valence-corrected chi connectivity index (χ4v) is 3.50. The van der Waals surface area contributed by atoms with Crippen molar-refractivity contribution in [2.24, 2.45) is 5.92 Å². The maximum Gasteiger partial charge on any atom is 0.233 e. The van der Waals surface area contributed by atoms with E-state index in [1.807, 2.05) is 6.92 Å². The molecule has 2 heterocycles. The van der Waals surface area contributed by atoms with Crippen molar-refractivity contribution in [3.05, 3.63) is 11.3 Å². The van der Waals surface area contributed by atoms with E-state index in [1.54, 1.807) is 16.7 Å². The third-order valence-electron chi connectivity index (χ3n) is 2.63. The highest BCUT2D eigenvalue weighted by molar-refractivity contribution is 8.00. The highest BCUT2D eigenvalue weighted by atomic mass is 35.5. The molecule has 0 saturated carbocycles. The van der Waals surface area contributed by atoms with Gasteiger partial charge in [0.1, 0.15) is 0 Å². The molecule has 1 fully saturated rings. The third kappa shape index (κ3) is 1.21. The number of β-lactam (4-membered cyclic amide) rings is 1. The Morgan fingerprint density at radius 2 is 2.43 bits per heavy atom. The lowest BCUT2D eigenvalue weighted by Crippen LogP contribution is -2.59. The number of hydrogen-bond acceptors (Lipinski definition) is 3. The maximum atomic E-state index is 11.5. The number of nitrogens with zero attached hydrogens (tertiary/aromatic N) is 1. The van der Waals surface area contributed by atoms with Gasteiger partial charge < -0.3 is 0 Å². The van der Waals surface area contributed by atoms with Gasteiger partial charge in [-0.25, -0.2) is 0 Å². The number of alkyl halides is 1. The van der Waals surface area contributed by atoms with Crippen molar-refractivity contribution >= 4 is 35.6 Å². The van der Waals surface area contributed by atoms with Gasteiger partial charge in [-0.2, -0.15) is 0 Å². The highest BCUT2D eigenvalue weighted by Crippen LogP contribution is 2.42. The predicted octanol–water partition coefficient (Wildman–Crippen LogP) is 1.23. The molecule has 0 aromatic heterocycles. The van der Waals surface area contributed by atoms with Crippen LogP contribution in [0, 0.1) is 5.92 Å². The van der Waals surface area contributed by atoms with Gasteiger partial charge in [-0.15, -0.1) is 23.4 Å². The number of aldehydes is 1. The second-order valence-electron chi connectivity index (χ2n) is 3.44. The fraction of sp³-hybridized carbons (Fsp3) is 0.556. The lowest BCUT2D eigenvalue weighted by Gasteiger charge is -2.48. The molecule has 5 heteroatoms. The Morgan fingerprint density at radius 3 is 3.00 bits per heavy atom. The lowest BCUT2D eigenvalue weighted by molar-refractivity contribution is -0.146. The van der Waals surface area contributed by atoms with Gasteiger partial charge in [0.25, 0.3) is 0 Å². The average Bonchev–Trinajstić information content (AvgIpc) is 2.25. The summed E-state index contributed by atoms with van der Waals surface area (Å²) in [5.41, 5.74) is 1.36. The zero-order valence-corrected chi connectivity index (χ0v) is 9.27. The smallest absolute Gasteiger partial charge is 0.233 e. The molecule has 0 aromatic carbocycles. The van der Waals surface area contributed by atoms with Gasteiger partial charge in [-0.3, -0.25) is 14.5 Å². The topological polar surface area (TPSA) is 37.4 Å². The van der Waals surface area contributed by atoms with Crippen LogP contribution in [-0.4, -0.2) is 34.1 Å². The monoisotopic (exact) mass is 231 g/mol. The van der Waals surface area contributed by atoms with Crippen molar-refractivity contribution in [3.8, 4) is 0 Å². The number of halogens is 1. The van der Waals surface area contributed by atoms with Crippen LogP contribution in [0.1, 0.15) is 6.92 Å². The van der Waals surface area contributed by atoms with Crippen molar-refractivity contribution < 1.29 is 9.59 Å². The molecule has 1 saturated heterocycles. The van der Waals surface area contributed by atoms with Crippen LogP contribution in [-0.2, 0) is 9.59 Å². The number of allylic oxidation sites excluding steroid dienone is 1. The number of carbonyl (C=O) groups excluding carboxylic acids is 2. The normalized spacial score (nSPS) is 31.3. The van der Waals surface area contributed by atoms with Gasteiger partial charge in [-0.1, -0.05) is 6.92 Å². The Kier molecular flexibility index (Phi) is 2.58. The molecule has 2 aliphatic heterocycles. The van der Waals surface area contributed by atoms with Gasteiger partial charge in [0.05, 0.1) is 17.0 Å². The zero-order chi connectivity index (χ0) is 10.3. The summed E-state index contributed by atoms with van der Waals surface area (Å²) in [6, 6.07) is 0. The van der Waals surface area contributed by atoms with Crippen LogP contribution in [0.15, 0.2) is 11.3 Å². The summed E-state index contributed by atoms with van der Waals surface area (Å²) in [5.74, 6) is 1.15. The summed E-state index contributed by atoms with van der Waals surface area (Å²) < 4.78 is 0. The first-order valence-corrected chi connectivity index (χ1v) is 5.97. The van der Waals surface area contributed by atoms with Crippen molar-refractivity contribution in [2.75, 3.05) is 11.6 Å². The molecule has 0 spiro atoms. The van der Waals surface area contributed by atoms with E-state index >= 15 is 0 Å². The number of rotatable bonds is 2. The minimum absolute atomic E-state index is 0.0341. The Morgan fingerprint density at radius 1 is 1.71 bits per heavy atom. The largest absolute Gasteiger partial charge is 0.296 e. The van der Waals surface area contributed by atoms with Gasteiger partial charge in [-0.05, 0) is 5.57 Å². The molecular formula is C9H10ClNO2S. The fourth-order valence-electron chi connectivity index (χ4n) is 1.76. The molecule has 2 atom stereocenters. The molecule has 1 amide bonds. The Balaban J connectivity index is 2.33. The van der Waals surface area contributed by atoms with Crippen molar-refractivity contribution in [1.29, 1.82) is 0 Å². The molecule has 0 bridgehead atoms. The molecule has 2 rings (SSSR count). The van der Waals surface area contributed by atoms with E-state index in [9.17, 15) is 9.59 Å². The molecule has 76 valence electrons. The van der Waals surface area contributed by atoms with Crippen LogP contribution < -0.4 is 0 Å². The Labute approximate surface area is 91.5 Å². The first-order valence-electron chi connectivity index (χ1n) is 4.38. The first kappa shape index (κ1) is 10.1. The van der Waals surface area contributed by atoms with E-state index in [2.05, 4.69) is 0 Å². The SMILES string of the molecule is C[C@@H]1C(=O)N2C(C=O)=C(CCl)CS[C@H]12. The lowest BCUT2D eigenvalue weighted by atomic mass is 9.98. The van der Waals surface area contributed by atoms with Gasteiger partial charge >= 0.3 is 0 Å². The molecule has 0 aliphatic carbocycles. The van der Waals surface area contributed by atoms with E-state index in [1.165, 1.54) is 0 Å². The summed E-state index contributed by atoms with van der Waals surface area (Å²) >= 11 is 7.39. The minimum Gasteiger partial charge on any atom is -0.296 e. The number of carbonyl (C=O) groups is 2. The van der Waals surface area contributed by atoms with E-state index < -0.39 is 0 Å². The van der Waals surface area contributed by atoms with Crippen LogP contribution in [0.2, 0.25) is 0 Å².